The van der Waals surface area contributed by atoms with Gasteiger partial charge in [0.15, 0.2) is 0 Å². The van der Waals surface area contributed by atoms with E-state index in [1.54, 1.807) is 12.1 Å². The molecule has 0 radical (unpaired) electrons. The number of amides is 3. The van der Waals surface area contributed by atoms with Crippen molar-refractivity contribution in [2.24, 2.45) is 11.8 Å². The minimum Gasteiger partial charge on any atom is -0.351 e. The van der Waals surface area contributed by atoms with Crippen molar-refractivity contribution in [1.29, 1.82) is 0 Å². The fraction of sp³-hybridized carbons (Fsp3) is 0.148. The monoisotopic (exact) mass is 453 g/mol. The molecule has 3 aliphatic heterocycles. The Morgan fingerprint density at radius 2 is 1.50 bits per heavy atom. The van der Waals surface area contributed by atoms with Gasteiger partial charge in [-0.15, -0.1) is 0 Å². The fourth-order valence-electron chi connectivity index (χ4n) is 5.40. The van der Waals surface area contributed by atoms with Crippen LogP contribution in [-0.2, 0) is 14.4 Å². The lowest BCUT2D eigenvalue weighted by Crippen LogP contribution is -2.50. The van der Waals surface area contributed by atoms with Gasteiger partial charge < -0.3 is 10.2 Å². The predicted octanol–water partition coefficient (Wildman–Crippen LogP) is 3.85. The third-order valence-corrected chi connectivity index (χ3v) is 6.81. The topological polar surface area (TPSA) is 69.7 Å². The Balaban J connectivity index is 1.44. The second-order valence-electron chi connectivity index (χ2n) is 8.66. The molecule has 3 aromatic rings. The smallest absolute Gasteiger partial charge is 0.247 e. The van der Waals surface area contributed by atoms with Gasteiger partial charge >= 0.3 is 0 Å². The number of anilines is 3. The Morgan fingerprint density at radius 3 is 2.26 bits per heavy atom. The van der Waals surface area contributed by atoms with Gasteiger partial charge in [0.2, 0.25) is 17.7 Å². The Bertz CT molecular complexity index is 1340. The van der Waals surface area contributed by atoms with Crippen LogP contribution in [0.5, 0.6) is 0 Å². The summed E-state index contributed by atoms with van der Waals surface area (Å²) in [6.07, 6.45) is 3.83. The van der Waals surface area contributed by atoms with E-state index in [0.29, 0.717) is 11.4 Å². The zero-order valence-corrected chi connectivity index (χ0v) is 18.0. The van der Waals surface area contributed by atoms with Crippen LogP contribution < -0.4 is 15.1 Å². The lowest BCUT2D eigenvalue weighted by atomic mass is 9.88. The molecule has 0 saturated carbocycles. The molecule has 34 heavy (non-hydrogen) atoms. The number of hydrogen-bond acceptors (Lipinski definition) is 4. The highest BCUT2D eigenvalue weighted by Gasteiger charge is 2.64. The number of carbonyl (C=O) groups excluding carboxylic acids is 3. The van der Waals surface area contributed by atoms with E-state index in [1.807, 2.05) is 59.5 Å². The second-order valence-corrected chi connectivity index (χ2v) is 8.66. The number of para-hydroxylation sites is 2. The van der Waals surface area contributed by atoms with Crippen molar-refractivity contribution in [2.45, 2.75) is 12.1 Å². The van der Waals surface area contributed by atoms with E-state index in [4.69, 9.17) is 0 Å². The number of hydrogen-bond donors (Lipinski definition) is 1. The van der Waals surface area contributed by atoms with Crippen LogP contribution in [0.3, 0.4) is 0 Å². The standard InChI is InChI=1S/C27H20FN3O3/c28-17-11-13-19(14-12-17)30-26(33)22-21-15-10-16-6-4-5-9-20(16)31(21)24(23(22)27(30)34)25(32)29-18-7-2-1-3-8-18/h1-15,21-24H,(H,29,32)/t21-,22-,23+,24-/m0/s1. The van der Waals surface area contributed by atoms with Crippen molar-refractivity contribution in [3.05, 3.63) is 96.3 Å². The first kappa shape index (κ1) is 20.4. The van der Waals surface area contributed by atoms with Crippen LogP contribution in [0.15, 0.2) is 84.9 Å². The van der Waals surface area contributed by atoms with E-state index in [-0.39, 0.29) is 11.8 Å². The molecule has 168 valence electrons. The zero-order chi connectivity index (χ0) is 23.4. The van der Waals surface area contributed by atoms with E-state index in [0.717, 1.165) is 16.2 Å². The van der Waals surface area contributed by atoms with Gasteiger partial charge in [-0.3, -0.25) is 14.4 Å². The Morgan fingerprint density at radius 1 is 0.824 bits per heavy atom. The van der Waals surface area contributed by atoms with Crippen molar-refractivity contribution < 1.29 is 18.8 Å². The molecule has 3 amide bonds. The van der Waals surface area contributed by atoms with Crippen molar-refractivity contribution in [2.75, 3.05) is 15.1 Å². The number of rotatable bonds is 3. The average Bonchev–Trinajstić information content (AvgIpc) is 3.33. The first-order chi connectivity index (χ1) is 16.5. The SMILES string of the molecule is O=C(Nc1ccccc1)[C@@H]1[C@@H]2C(=O)N(c3ccc(F)cc3)C(=O)[C@H]2[C@@H]2C=Cc3ccccc3N12. The van der Waals surface area contributed by atoms with E-state index in [2.05, 4.69) is 5.32 Å². The first-order valence-corrected chi connectivity index (χ1v) is 11.1. The van der Waals surface area contributed by atoms with Crippen LogP contribution in [0.1, 0.15) is 5.56 Å². The molecule has 2 fully saturated rings. The van der Waals surface area contributed by atoms with Crippen LogP contribution >= 0.6 is 0 Å². The van der Waals surface area contributed by atoms with Gasteiger partial charge in [-0.05, 0) is 48.0 Å². The molecule has 6 rings (SSSR count). The van der Waals surface area contributed by atoms with Crippen molar-refractivity contribution in [3.63, 3.8) is 0 Å². The summed E-state index contributed by atoms with van der Waals surface area (Å²) in [4.78, 5) is 43.9. The summed E-state index contributed by atoms with van der Waals surface area (Å²) in [6.45, 7) is 0. The molecular weight excluding hydrogens is 433 g/mol. The maximum Gasteiger partial charge on any atom is 0.247 e. The molecule has 0 spiro atoms. The van der Waals surface area contributed by atoms with E-state index >= 15 is 0 Å². The summed E-state index contributed by atoms with van der Waals surface area (Å²) in [5.74, 6) is -3.24. The summed E-state index contributed by atoms with van der Waals surface area (Å²) in [5, 5.41) is 2.92. The molecule has 0 bridgehead atoms. The van der Waals surface area contributed by atoms with Gasteiger partial charge in [-0.1, -0.05) is 48.6 Å². The zero-order valence-electron chi connectivity index (χ0n) is 18.0. The highest BCUT2D eigenvalue weighted by molar-refractivity contribution is 6.25. The molecule has 2 saturated heterocycles. The minimum absolute atomic E-state index is 0.305. The number of imide groups is 1. The Labute approximate surface area is 195 Å². The summed E-state index contributed by atoms with van der Waals surface area (Å²) in [5.41, 5.74) is 2.65. The van der Waals surface area contributed by atoms with Crippen LogP contribution in [0.4, 0.5) is 21.5 Å². The minimum atomic E-state index is -0.886. The summed E-state index contributed by atoms with van der Waals surface area (Å²) in [7, 11) is 0. The molecule has 0 aliphatic carbocycles. The highest BCUT2D eigenvalue weighted by atomic mass is 19.1. The lowest BCUT2D eigenvalue weighted by molar-refractivity contribution is -0.126. The maximum atomic E-state index is 13.7. The van der Waals surface area contributed by atoms with Crippen LogP contribution in [0.2, 0.25) is 0 Å². The lowest BCUT2D eigenvalue weighted by Gasteiger charge is -2.36. The molecule has 0 aromatic heterocycles. The van der Waals surface area contributed by atoms with Gasteiger partial charge in [0, 0.05) is 11.4 Å². The third-order valence-electron chi connectivity index (χ3n) is 6.81. The van der Waals surface area contributed by atoms with Crippen LogP contribution in [0.25, 0.3) is 6.08 Å². The molecule has 1 N–H and O–H groups in total. The second kappa shape index (κ2) is 7.66. The number of fused-ring (bicyclic) bond motifs is 5. The van der Waals surface area contributed by atoms with Crippen molar-refractivity contribution in [3.8, 4) is 0 Å². The first-order valence-electron chi connectivity index (χ1n) is 11.1. The maximum absolute atomic E-state index is 13.7. The molecule has 3 aromatic carbocycles. The molecule has 6 nitrogen and oxygen atoms in total. The number of benzene rings is 3. The van der Waals surface area contributed by atoms with Gasteiger partial charge in [0.1, 0.15) is 11.9 Å². The highest BCUT2D eigenvalue weighted by Crippen LogP contribution is 2.49. The fourth-order valence-corrected chi connectivity index (χ4v) is 5.40. The van der Waals surface area contributed by atoms with E-state index in [9.17, 15) is 18.8 Å². The van der Waals surface area contributed by atoms with E-state index < -0.39 is 35.6 Å². The molecule has 3 aliphatic rings. The number of carbonyl (C=O) groups is 3. The van der Waals surface area contributed by atoms with Gasteiger partial charge in [-0.2, -0.15) is 0 Å². The molecule has 3 heterocycles. The average molecular weight is 453 g/mol. The van der Waals surface area contributed by atoms with Gasteiger partial charge in [0.05, 0.1) is 23.6 Å². The van der Waals surface area contributed by atoms with Crippen LogP contribution in [-0.4, -0.2) is 29.8 Å². The summed E-state index contributed by atoms with van der Waals surface area (Å²) >= 11 is 0. The molecule has 7 heteroatoms. The van der Waals surface area contributed by atoms with Crippen molar-refractivity contribution in [1.82, 2.24) is 0 Å². The van der Waals surface area contributed by atoms with Gasteiger partial charge in [-0.25, -0.2) is 9.29 Å². The van der Waals surface area contributed by atoms with Crippen molar-refractivity contribution >= 4 is 40.9 Å². The van der Waals surface area contributed by atoms with Gasteiger partial charge in [0.25, 0.3) is 0 Å². The predicted molar refractivity (Wildman–Crippen MR) is 126 cm³/mol. The molecule has 4 atom stereocenters. The number of nitrogens with one attached hydrogen (secondary N) is 1. The molecular formula is C27H20FN3O3. The normalized spacial score (nSPS) is 24.6. The number of nitrogens with zero attached hydrogens (tertiary/aromatic N) is 2. The van der Waals surface area contributed by atoms with E-state index in [1.165, 1.54) is 24.3 Å². The molecule has 0 unspecified atom stereocenters. The quantitative estimate of drug-likeness (QED) is 0.612. The summed E-state index contributed by atoms with van der Waals surface area (Å²) < 4.78 is 13.5. The Hall–Kier alpha value is -4.26. The van der Waals surface area contributed by atoms with Crippen LogP contribution in [0, 0.1) is 17.7 Å². The third kappa shape index (κ3) is 2.97. The Kier molecular flexibility index (Phi) is 4.58. The largest absolute Gasteiger partial charge is 0.351 e. The number of halogens is 1. The summed E-state index contributed by atoms with van der Waals surface area (Å²) in [6, 6.07) is 20.6.